The minimum atomic E-state index is 0.0382. The standard InChI is InChI=1S/C30H32ClN3O/c1-20-10-12-21(13-11-20)26-19-34-28(29(35)32-24-7-3-2-4-8-24)27(22-14-16-23(31)17-15-22)25-9-5-6-18-33(26)30(25)34/h10-17,19,24H,2-9,18H2,1H3,(H,32,35). The van der Waals surface area contributed by atoms with E-state index in [2.05, 4.69) is 63.8 Å². The van der Waals surface area contributed by atoms with Crippen molar-refractivity contribution in [2.45, 2.75) is 70.9 Å². The number of carbonyl (C=O) groups excluding carboxylic acids is 1. The van der Waals surface area contributed by atoms with Crippen LogP contribution in [0, 0.1) is 6.92 Å². The van der Waals surface area contributed by atoms with Crippen molar-refractivity contribution in [3.63, 3.8) is 0 Å². The summed E-state index contributed by atoms with van der Waals surface area (Å²) in [7, 11) is 0. The number of halogens is 1. The monoisotopic (exact) mass is 485 g/mol. The van der Waals surface area contributed by atoms with E-state index in [1.165, 1.54) is 41.6 Å². The molecule has 0 spiro atoms. The third kappa shape index (κ3) is 4.08. The molecule has 0 bridgehead atoms. The van der Waals surface area contributed by atoms with Crippen LogP contribution < -0.4 is 5.32 Å². The van der Waals surface area contributed by atoms with Crippen molar-refractivity contribution in [2.75, 3.05) is 0 Å². The lowest BCUT2D eigenvalue weighted by Crippen LogP contribution is -2.37. The highest BCUT2D eigenvalue weighted by Crippen LogP contribution is 2.40. The predicted octanol–water partition coefficient (Wildman–Crippen LogP) is 7.44. The van der Waals surface area contributed by atoms with E-state index in [0.717, 1.165) is 61.1 Å². The number of imidazole rings is 1. The van der Waals surface area contributed by atoms with Gasteiger partial charge in [-0.25, -0.2) is 0 Å². The van der Waals surface area contributed by atoms with Gasteiger partial charge in [-0.3, -0.25) is 9.20 Å². The van der Waals surface area contributed by atoms with Gasteiger partial charge in [-0.2, -0.15) is 0 Å². The maximum absolute atomic E-state index is 14.0. The molecule has 2 aliphatic rings. The molecule has 4 aromatic rings. The molecule has 2 aromatic heterocycles. The Labute approximate surface area is 211 Å². The van der Waals surface area contributed by atoms with E-state index in [4.69, 9.17) is 11.6 Å². The summed E-state index contributed by atoms with van der Waals surface area (Å²) in [6, 6.07) is 16.9. The van der Waals surface area contributed by atoms with Crippen molar-refractivity contribution >= 4 is 23.2 Å². The van der Waals surface area contributed by atoms with Gasteiger partial charge in [0.2, 0.25) is 0 Å². The molecule has 0 saturated heterocycles. The molecule has 35 heavy (non-hydrogen) atoms. The largest absolute Gasteiger partial charge is 0.348 e. The van der Waals surface area contributed by atoms with Crippen LogP contribution in [0.2, 0.25) is 5.02 Å². The molecule has 1 amide bonds. The maximum atomic E-state index is 14.0. The number of carbonyl (C=O) groups is 1. The van der Waals surface area contributed by atoms with Gasteiger partial charge >= 0.3 is 0 Å². The minimum absolute atomic E-state index is 0.0382. The summed E-state index contributed by atoms with van der Waals surface area (Å²) in [4.78, 5) is 14.0. The summed E-state index contributed by atoms with van der Waals surface area (Å²) < 4.78 is 4.61. The SMILES string of the molecule is Cc1ccc(-c2cn3c(C(=O)NC4CCCCC4)c(-c4ccc(Cl)cc4)c4c3n2CCCC4)cc1. The van der Waals surface area contributed by atoms with E-state index in [9.17, 15) is 4.79 Å². The number of amides is 1. The normalized spacial score (nSPS) is 16.4. The zero-order valence-corrected chi connectivity index (χ0v) is 21.1. The Kier molecular flexibility index (Phi) is 5.93. The van der Waals surface area contributed by atoms with Crippen molar-refractivity contribution in [3.05, 3.63) is 76.6 Å². The number of benzene rings is 2. The smallest absolute Gasteiger partial charge is 0.269 e. The Morgan fingerprint density at radius 2 is 1.63 bits per heavy atom. The van der Waals surface area contributed by atoms with Gasteiger partial charge in [-0.1, -0.05) is 72.8 Å². The van der Waals surface area contributed by atoms with Gasteiger partial charge in [0.05, 0.1) is 5.69 Å². The number of aryl methyl sites for hydroxylation is 3. The fourth-order valence-corrected chi connectivity index (χ4v) is 6.12. The highest BCUT2D eigenvalue weighted by molar-refractivity contribution is 6.30. The molecular weight excluding hydrogens is 454 g/mol. The summed E-state index contributed by atoms with van der Waals surface area (Å²) >= 11 is 6.24. The summed E-state index contributed by atoms with van der Waals surface area (Å²) in [5.74, 6) is 0.0382. The number of hydrogen-bond donors (Lipinski definition) is 1. The number of rotatable bonds is 4. The second-order valence-electron chi connectivity index (χ2n) is 10.2. The van der Waals surface area contributed by atoms with Crippen LogP contribution in [0.15, 0.2) is 54.7 Å². The second kappa shape index (κ2) is 9.23. The van der Waals surface area contributed by atoms with E-state index in [1.807, 2.05) is 12.1 Å². The minimum Gasteiger partial charge on any atom is -0.348 e. The van der Waals surface area contributed by atoms with Gasteiger partial charge in [0, 0.05) is 34.9 Å². The van der Waals surface area contributed by atoms with Gasteiger partial charge < -0.3 is 9.88 Å². The van der Waals surface area contributed by atoms with Crippen LogP contribution in [0.1, 0.15) is 66.6 Å². The highest BCUT2D eigenvalue weighted by Gasteiger charge is 2.30. The van der Waals surface area contributed by atoms with Crippen LogP contribution in [0.25, 0.3) is 28.0 Å². The predicted molar refractivity (Wildman–Crippen MR) is 143 cm³/mol. The molecule has 4 nitrogen and oxygen atoms in total. The molecule has 1 fully saturated rings. The van der Waals surface area contributed by atoms with Gasteiger partial charge in [0.25, 0.3) is 5.91 Å². The molecule has 1 aliphatic carbocycles. The first-order chi connectivity index (χ1) is 17.1. The second-order valence-corrected chi connectivity index (χ2v) is 10.6. The van der Waals surface area contributed by atoms with Gasteiger partial charge in [0.15, 0.2) is 0 Å². The van der Waals surface area contributed by atoms with Crippen LogP contribution in [-0.2, 0) is 13.0 Å². The number of hydrogen-bond acceptors (Lipinski definition) is 1. The van der Waals surface area contributed by atoms with Crippen molar-refractivity contribution in [3.8, 4) is 22.4 Å². The Hall–Kier alpha value is -2.98. The van der Waals surface area contributed by atoms with E-state index >= 15 is 0 Å². The lowest BCUT2D eigenvalue weighted by molar-refractivity contribution is 0.0922. The van der Waals surface area contributed by atoms with Crippen LogP contribution in [-0.4, -0.2) is 20.9 Å². The third-order valence-corrected chi connectivity index (χ3v) is 8.02. The molecule has 0 unspecified atom stereocenters. The first kappa shape index (κ1) is 22.5. The van der Waals surface area contributed by atoms with Crippen molar-refractivity contribution in [1.29, 1.82) is 0 Å². The number of nitrogens with one attached hydrogen (secondary N) is 1. The van der Waals surface area contributed by atoms with Crippen molar-refractivity contribution < 1.29 is 4.79 Å². The summed E-state index contributed by atoms with van der Waals surface area (Å²) in [6.45, 7) is 3.08. The highest BCUT2D eigenvalue weighted by atomic mass is 35.5. The third-order valence-electron chi connectivity index (χ3n) is 7.77. The van der Waals surface area contributed by atoms with Crippen LogP contribution >= 0.6 is 11.6 Å². The van der Waals surface area contributed by atoms with E-state index in [1.54, 1.807) is 0 Å². The van der Waals surface area contributed by atoms with Gasteiger partial charge in [0.1, 0.15) is 11.3 Å². The van der Waals surface area contributed by atoms with E-state index in [0.29, 0.717) is 5.02 Å². The fourth-order valence-electron chi connectivity index (χ4n) is 5.99. The molecule has 0 radical (unpaired) electrons. The topological polar surface area (TPSA) is 38.4 Å². The number of nitrogens with zero attached hydrogens (tertiary/aromatic N) is 2. The molecule has 1 saturated carbocycles. The van der Waals surface area contributed by atoms with Crippen LogP contribution in [0.5, 0.6) is 0 Å². The molecule has 180 valence electrons. The summed E-state index contributed by atoms with van der Waals surface area (Å²) in [6.07, 6.45) is 11.2. The zero-order valence-electron chi connectivity index (χ0n) is 20.3. The maximum Gasteiger partial charge on any atom is 0.269 e. The quantitative estimate of drug-likeness (QED) is 0.320. The van der Waals surface area contributed by atoms with Gasteiger partial charge in [-0.15, -0.1) is 0 Å². The summed E-state index contributed by atoms with van der Waals surface area (Å²) in [5, 5.41) is 4.11. The molecule has 3 heterocycles. The van der Waals surface area contributed by atoms with E-state index < -0.39 is 0 Å². The molecule has 1 aliphatic heterocycles. The Morgan fingerprint density at radius 1 is 0.914 bits per heavy atom. The number of aromatic nitrogens is 2. The molecule has 5 heteroatoms. The Bertz CT molecular complexity index is 1370. The van der Waals surface area contributed by atoms with E-state index in [-0.39, 0.29) is 11.9 Å². The fraction of sp³-hybridized carbons (Fsp3) is 0.367. The lowest BCUT2D eigenvalue weighted by atomic mass is 9.94. The molecule has 2 aromatic carbocycles. The first-order valence-electron chi connectivity index (χ1n) is 13.0. The Balaban J connectivity index is 1.57. The molecule has 6 rings (SSSR count). The van der Waals surface area contributed by atoms with Crippen molar-refractivity contribution in [2.24, 2.45) is 0 Å². The summed E-state index contributed by atoms with van der Waals surface area (Å²) in [5.41, 5.74) is 8.95. The average molecular weight is 486 g/mol. The van der Waals surface area contributed by atoms with Crippen molar-refractivity contribution in [1.82, 2.24) is 14.3 Å². The molecule has 1 N–H and O–H groups in total. The zero-order chi connectivity index (χ0) is 23.9. The molecule has 0 atom stereocenters. The van der Waals surface area contributed by atoms with Crippen LogP contribution in [0.3, 0.4) is 0 Å². The van der Waals surface area contributed by atoms with Crippen LogP contribution in [0.4, 0.5) is 0 Å². The first-order valence-corrected chi connectivity index (χ1v) is 13.4. The Morgan fingerprint density at radius 3 is 2.37 bits per heavy atom. The average Bonchev–Trinajstić information content (AvgIpc) is 3.28. The molecular formula is C30H32ClN3O. The van der Waals surface area contributed by atoms with Gasteiger partial charge in [-0.05, 0) is 62.3 Å². The lowest BCUT2D eigenvalue weighted by Gasteiger charge is -2.23.